The zero-order valence-electron chi connectivity index (χ0n) is 8.69. The highest BCUT2D eigenvalue weighted by atomic mass is 19.4. The number of nitrogens with one attached hydrogen (secondary N) is 1. The molecular formula is C9H6F3N5O. The Bertz CT molecular complexity index is 575. The molecule has 18 heavy (non-hydrogen) atoms. The first kappa shape index (κ1) is 12.0. The summed E-state index contributed by atoms with van der Waals surface area (Å²) in [7, 11) is 0. The van der Waals surface area contributed by atoms with Crippen molar-refractivity contribution in [3.05, 3.63) is 30.0 Å². The molecule has 0 bridgehead atoms. The van der Waals surface area contributed by atoms with Crippen LogP contribution in [0.15, 0.2) is 18.5 Å². The summed E-state index contributed by atoms with van der Waals surface area (Å²) < 4.78 is 36.7. The van der Waals surface area contributed by atoms with Gasteiger partial charge in [0.1, 0.15) is 5.69 Å². The largest absolute Gasteiger partial charge is 0.451 e. The summed E-state index contributed by atoms with van der Waals surface area (Å²) in [5.74, 6) is -1.96. The van der Waals surface area contributed by atoms with Crippen LogP contribution in [-0.4, -0.2) is 26.1 Å². The number of hydrogen-bond acceptors (Lipinski definition) is 4. The van der Waals surface area contributed by atoms with E-state index in [1.165, 1.54) is 6.07 Å². The maximum Gasteiger partial charge on any atom is 0.451 e. The van der Waals surface area contributed by atoms with Crippen LogP contribution < -0.4 is 5.73 Å². The Balaban J connectivity index is 2.31. The summed E-state index contributed by atoms with van der Waals surface area (Å²) in [4.78, 5) is 17.2. The number of carbonyl (C=O) groups is 1. The lowest BCUT2D eigenvalue weighted by atomic mass is 10.2. The number of rotatable bonds is 2. The van der Waals surface area contributed by atoms with Crippen LogP contribution in [0, 0.1) is 0 Å². The Kier molecular flexibility index (Phi) is 2.73. The molecule has 0 fully saturated rings. The number of hydrogen-bond donors (Lipinski definition) is 2. The zero-order valence-corrected chi connectivity index (χ0v) is 8.69. The first-order valence-corrected chi connectivity index (χ1v) is 4.63. The molecule has 2 aromatic heterocycles. The summed E-state index contributed by atoms with van der Waals surface area (Å²) in [6, 6.07) is 1.30. The van der Waals surface area contributed by atoms with Crippen molar-refractivity contribution in [3.8, 4) is 11.3 Å². The number of primary amides is 1. The highest BCUT2D eigenvalue weighted by Gasteiger charge is 2.34. The molecule has 0 aromatic carbocycles. The van der Waals surface area contributed by atoms with E-state index in [0.717, 1.165) is 12.4 Å². The third-order valence-electron chi connectivity index (χ3n) is 2.04. The molecule has 0 saturated carbocycles. The Labute approximate surface area is 98.1 Å². The number of alkyl halides is 3. The van der Waals surface area contributed by atoms with E-state index in [-0.39, 0.29) is 17.0 Å². The number of carbonyl (C=O) groups excluding carboxylic acids is 1. The minimum Gasteiger partial charge on any atom is -0.364 e. The molecule has 0 atom stereocenters. The normalized spacial score (nSPS) is 11.5. The van der Waals surface area contributed by atoms with Crippen LogP contribution in [-0.2, 0) is 6.18 Å². The minimum atomic E-state index is -4.59. The third-order valence-corrected chi connectivity index (χ3v) is 2.04. The maximum atomic E-state index is 12.2. The Hall–Kier alpha value is -2.45. The van der Waals surface area contributed by atoms with Gasteiger partial charge in [0, 0.05) is 18.0 Å². The maximum absolute atomic E-state index is 12.2. The quantitative estimate of drug-likeness (QED) is 0.837. The van der Waals surface area contributed by atoms with Gasteiger partial charge >= 0.3 is 6.18 Å². The van der Waals surface area contributed by atoms with Crippen molar-refractivity contribution in [2.45, 2.75) is 6.18 Å². The van der Waals surface area contributed by atoms with E-state index in [2.05, 4.69) is 20.2 Å². The molecule has 0 radical (unpaired) electrons. The standard InChI is InChI=1S/C9H6F3N5O/c10-9(11,12)8-14-2-4(3-15-8)5-1-6(7(13)18)17-16-5/h1-3H,(H2,13,18)(H,16,17). The molecule has 94 valence electrons. The van der Waals surface area contributed by atoms with Gasteiger partial charge < -0.3 is 5.73 Å². The number of nitrogens with zero attached hydrogens (tertiary/aromatic N) is 3. The summed E-state index contributed by atoms with van der Waals surface area (Å²) in [6.07, 6.45) is -2.66. The van der Waals surface area contributed by atoms with Gasteiger partial charge in [-0.3, -0.25) is 9.89 Å². The lowest BCUT2D eigenvalue weighted by Crippen LogP contribution is -2.11. The van der Waals surface area contributed by atoms with Crippen molar-refractivity contribution in [1.29, 1.82) is 0 Å². The van der Waals surface area contributed by atoms with Crippen LogP contribution in [0.3, 0.4) is 0 Å². The Morgan fingerprint density at radius 1 is 1.28 bits per heavy atom. The predicted octanol–water partition coefficient (Wildman–Crippen LogP) is 0.984. The molecule has 0 aliphatic heterocycles. The van der Waals surface area contributed by atoms with E-state index >= 15 is 0 Å². The van der Waals surface area contributed by atoms with Crippen LogP contribution >= 0.6 is 0 Å². The smallest absolute Gasteiger partial charge is 0.364 e. The van der Waals surface area contributed by atoms with E-state index in [0.29, 0.717) is 0 Å². The molecule has 0 aliphatic carbocycles. The second-order valence-corrected chi connectivity index (χ2v) is 3.32. The Morgan fingerprint density at radius 2 is 1.89 bits per heavy atom. The van der Waals surface area contributed by atoms with Gasteiger partial charge in [-0.2, -0.15) is 18.3 Å². The number of aromatic nitrogens is 4. The van der Waals surface area contributed by atoms with Crippen molar-refractivity contribution < 1.29 is 18.0 Å². The summed E-state index contributed by atoms with van der Waals surface area (Å²) in [5.41, 5.74) is 5.52. The van der Waals surface area contributed by atoms with Crippen LogP contribution in [0.2, 0.25) is 0 Å². The number of aromatic amines is 1. The van der Waals surface area contributed by atoms with Gasteiger partial charge in [0.05, 0.1) is 5.69 Å². The van der Waals surface area contributed by atoms with Crippen LogP contribution in [0.1, 0.15) is 16.3 Å². The second kappa shape index (κ2) is 4.09. The molecule has 0 spiro atoms. The predicted molar refractivity (Wildman–Crippen MR) is 53.1 cm³/mol. The average Bonchev–Trinajstić information content (AvgIpc) is 2.77. The fourth-order valence-corrected chi connectivity index (χ4v) is 1.20. The van der Waals surface area contributed by atoms with E-state index in [4.69, 9.17) is 5.73 Å². The first-order valence-electron chi connectivity index (χ1n) is 4.63. The van der Waals surface area contributed by atoms with Gasteiger partial charge in [-0.1, -0.05) is 0 Å². The Morgan fingerprint density at radius 3 is 2.33 bits per heavy atom. The van der Waals surface area contributed by atoms with E-state index < -0.39 is 17.9 Å². The van der Waals surface area contributed by atoms with E-state index in [9.17, 15) is 18.0 Å². The van der Waals surface area contributed by atoms with Crippen molar-refractivity contribution in [2.75, 3.05) is 0 Å². The number of halogens is 3. The van der Waals surface area contributed by atoms with E-state index in [1.54, 1.807) is 0 Å². The molecule has 0 unspecified atom stereocenters. The van der Waals surface area contributed by atoms with Crippen molar-refractivity contribution in [2.24, 2.45) is 5.73 Å². The van der Waals surface area contributed by atoms with Gasteiger partial charge in [-0.15, -0.1) is 0 Å². The zero-order chi connectivity index (χ0) is 13.3. The number of amides is 1. The SMILES string of the molecule is NC(=O)c1cc(-c2cnc(C(F)(F)F)nc2)n[nH]1. The van der Waals surface area contributed by atoms with Crippen molar-refractivity contribution in [3.63, 3.8) is 0 Å². The molecule has 1 amide bonds. The third kappa shape index (κ3) is 2.29. The summed E-state index contributed by atoms with van der Waals surface area (Å²) in [6.45, 7) is 0. The molecule has 3 N–H and O–H groups in total. The monoisotopic (exact) mass is 257 g/mol. The first-order chi connectivity index (χ1) is 8.38. The molecule has 9 heteroatoms. The molecule has 2 heterocycles. The van der Waals surface area contributed by atoms with E-state index in [1.807, 2.05) is 0 Å². The number of H-pyrrole nitrogens is 1. The molecule has 6 nitrogen and oxygen atoms in total. The second-order valence-electron chi connectivity index (χ2n) is 3.32. The molecular weight excluding hydrogens is 251 g/mol. The lowest BCUT2D eigenvalue weighted by molar-refractivity contribution is -0.144. The molecule has 0 saturated heterocycles. The summed E-state index contributed by atoms with van der Waals surface area (Å²) in [5, 5.41) is 6.06. The minimum absolute atomic E-state index is 0.0462. The molecule has 2 aromatic rings. The van der Waals surface area contributed by atoms with Gasteiger partial charge in [0.25, 0.3) is 5.91 Å². The van der Waals surface area contributed by atoms with Gasteiger partial charge in [0.2, 0.25) is 5.82 Å². The highest BCUT2D eigenvalue weighted by molar-refractivity contribution is 5.91. The average molecular weight is 257 g/mol. The van der Waals surface area contributed by atoms with Crippen LogP contribution in [0.25, 0.3) is 11.3 Å². The van der Waals surface area contributed by atoms with Crippen LogP contribution in [0.5, 0.6) is 0 Å². The van der Waals surface area contributed by atoms with Gasteiger partial charge in [0.15, 0.2) is 0 Å². The molecule has 0 aliphatic rings. The lowest BCUT2D eigenvalue weighted by Gasteiger charge is -2.03. The summed E-state index contributed by atoms with van der Waals surface area (Å²) >= 11 is 0. The van der Waals surface area contributed by atoms with Gasteiger partial charge in [-0.05, 0) is 6.07 Å². The van der Waals surface area contributed by atoms with Crippen LogP contribution in [0.4, 0.5) is 13.2 Å². The van der Waals surface area contributed by atoms with Gasteiger partial charge in [-0.25, -0.2) is 9.97 Å². The highest BCUT2D eigenvalue weighted by Crippen LogP contribution is 2.26. The van der Waals surface area contributed by atoms with Crippen molar-refractivity contribution >= 4 is 5.91 Å². The topological polar surface area (TPSA) is 97.6 Å². The fraction of sp³-hybridized carbons (Fsp3) is 0.111. The molecule has 2 rings (SSSR count). The number of nitrogens with two attached hydrogens (primary N) is 1. The van der Waals surface area contributed by atoms with Crippen molar-refractivity contribution in [1.82, 2.24) is 20.2 Å². The fourth-order valence-electron chi connectivity index (χ4n) is 1.20.